The molecule has 0 spiro atoms. The maximum Gasteiger partial charge on any atom is 0.177 e. The molecule has 0 radical (unpaired) electrons. The third kappa shape index (κ3) is 2.46. The van der Waals surface area contributed by atoms with Gasteiger partial charge in [0.25, 0.3) is 0 Å². The number of sulfone groups is 1. The molecule has 0 N–H and O–H groups in total. The van der Waals surface area contributed by atoms with Crippen LogP contribution in [0.25, 0.3) is 5.69 Å². The van der Waals surface area contributed by atoms with Crippen LogP contribution in [0.3, 0.4) is 0 Å². The molecule has 1 heterocycles. The van der Waals surface area contributed by atoms with Crippen LogP contribution in [0.2, 0.25) is 0 Å². The highest BCUT2D eigenvalue weighted by atomic mass is 32.2. The first-order chi connectivity index (χ1) is 8.54. The molecule has 0 bridgehead atoms. The van der Waals surface area contributed by atoms with Gasteiger partial charge in [-0.2, -0.15) is 0 Å². The van der Waals surface area contributed by atoms with Gasteiger partial charge in [-0.25, -0.2) is 13.4 Å². The van der Waals surface area contributed by atoms with Gasteiger partial charge in [0.15, 0.2) is 9.84 Å². The van der Waals surface area contributed by atoms with Crippen molar-refractivity contribution in [2.24, 2.45) is 0 Å². The third-order valence-corrected chi connectivity index (χ3v) is 3.86. The second kappa shape index (κ2) is 4.94. The minimum Gasteiger partial charge on any atom is -0.302 e. The Hall–Kier alpha value is -1.62. The van der Waals surface area contributed by atoms with E-state index in [9.17, 15) is 8.42 Å². The molecule has 96 valence electrons. The van der Waals surface area contributed by atoms with Gasteiger partial charge >= 0.3 is 0 Å². The highest BCUT2D eigenvalue weighted by Gasteiger charge is 2.15. The molecule has 2 rings (SSSR count). The molecule has 0 saturated heterocycles. The summed E-state index contributed by atoms with van der Waals surface area (Å²) in [7, 11) is -3.24. The lowest BCUT2D eigenvalue weighted by atomic mass is 10.3. The van der Waals surface area contributed by atoms with Crippen molar-refractivity contribution >= 4 is 9.84 Å². The van der Waals surface area contributed by atoms with Crippen LogP contribution in [0.4, 0.5) is 0 Å². The van der Waals surface area contributed by atoms with E-state index in [-0.39, 0.29) is 0 Å². The number of para-hydroxylation sites is 1. The topological polar surface area (TPSA) is 52.0 Å². The quantitative estimate of drug-likeness (QED) is 0.851. The molecule has 0 fully saturated rings. The molecular weight excluding hydrogens is 248 g/mol. The molecular formula is C13H16N2O2S. The van der Waals surface area contributed by atoms with Crippen LogP contribution in [-0.2, 0) is 16.3 Å². The molecule has 0 aliphatic heterocycles. The van der Waals surface area contributed by atoms with Crippen molar-refractivity contribution in [1.82, 2.24) is 9.55 Å². The zero-order valence-corrected chi connectivity index (χ0v) is 11.3. The average molecular weight is 264 g/mol. The summed E-state index contributed by atoms with van der Waals surface area (Å²) in [6.07, 6.45) is 6.52. The van der Waals surface area contributed by atoms with Gasteiger partial charge in [-0.1, -0.05) is 19.1 Å². The fourth-order valence-electron chi connectivity index (χ4n) is 1.93. The molecule has 1 aromatic carbocycles. The average Bonchev–Trinajstić information content (AvgIpc) is 2.77. The number of aromatic nitrogens is 2. The van der Waals surface area contributed by atoms with E-state index in [1.54, 1.807) is 30.6 Å². The van der Waals surface area contributed by atoms with E-state index >= 15 is 0 Å². The highest BCUT2D eigenvalue weighted by Crippen LogP contribution is 2.21. The third-order valence-electron chi connectivity index (χ3n) is 2.72. The highest BCUT2D eigenvalue weighted by molar-refractivity contribution is 7.90. The van der Waals surface area contributed by atoms with Crippen molar-refractivity contribution in [2.45, 2.75) is 24.7 Å². The number of aryl methyl sites for hydroxylation is 1. The lowest BCUT2D eigenvalue weighted by Gasteiger charge is -2.11. The maximum absolute atomic E-state index is 11.8. The molecule has 0 aliphatic rings. The summed E-state index contributed by atoms with van der Waals surface area (Å²) in [6.45, 7) is 2.07. The Morgan fingerprint density at radius 2 is 2.00 bits per heavy atom. The number of rotatable bonds is 4. The smallest absolute Gasteiger partial charge is 0.177 e. The fourth-order valence-corrected chi connectivity index (χ4v) is 2.80. The van der Waals surface area contributed by atoms with Crippen molar-refractivity contribution < 1.29 is 8.42 Å². The van der Waals surface area contributed by atoms with Crippen LogP contribution in [0.5, 0.6) is 0 Å². The van der Waals surface area contributed by atoms with Gasteiger partial charge in [-0.05, 0) is 18.6 Å². The van der Waals surface area contributed by atoms with Crippen LogP contribution in [0.1, 0.15) is 19.2 Å². The fraction of sp³-hybridized carbons (Fsp3) is 0.308. The molecule has 4 nitrogen and oxygen atoms in total. The standard InChI is InChI=1S/C13H16N2O2S/c1-3-6-13-14-9-10-15(13)11-7-4-5-8-12(11)18(2,16)17/h4-5,7-10H,3,6H2,1-2H3. The van der Waals surface area contributed by atoms with Crippen LogP contribution >= 0.6 is 0 Å². The Morgan fingerprint density at radius 1 is 1.28 bits per heavy atom. The largest absolute Gasteiger partial charge is 0.302 e. The summed E-state index contributed by atoms with van der Waals surface area (Å²) in [5.41, 5.74) is 0.668. The number of imidazole rings is 1. The first kappa shape index (κ1) is 12.8. The molecule has 0 aliphatic carbocycles. The maximum atomic E-state index is 11.8. The normalized spacial score (nSPS) is 11.7. The Labute approximate surface area is 107 Å². The first-order valence-corrected chi connectivity index (χ1v) is 7.75. The predicted octanol–water partition coefficient (Wildman–Crippen LogP) is 2.23. The number of hydrogen-bond donors (Lipinski definition) is 0. The van der Waals surface area contributed by atoms with Crippen molar-refractivity contribution in [3.63, 3.8) is 0 Å². The van der Waals surface area contributed by atoms with E-state index in [0.717, 1.165) is 18.7 Å². The molecule has 0 amide bonds. The zero-order chi connectivity index (χ0) is 13.2. The van der Waals surface area contributed by atoms with Crippen LogP contribution < -0.4 is 0 Å². The van der Waals surface area contributed by atoms with Gasteiger partial charge in [0.05, 0.1) is 10.6 Å². The SMILES string of the molecule is CCCc1nccn1-c1ccccc1S(C)(=O)=O. The first-order valence-electron chi connectivity index (χ1n) is 5.85. The van der Waals surface area contributed by atoms with Gasteiger partial charge < -0.3 is 4.57 Å². The number of hydrogen-bond acceptors (Lipinski definition) is 3. The van der Waals surface area contributed by atoms with E-state index < -0.39 is 9.84 Å². The van der Waals surface area contributed by atoms with Gasteiger partial charge in [-0.3, -0.25) is 0 Å². The summed E-state index contributed by atoms with van der Waals surface area (Å²) >= 11 is 0. The van der Waals surface area contributed by atoms with Crippen molar-refractivity contribution in [3.8, 4) is 5.69 Å². The van der Waals surface area contributed by atoms with E-state index in [4.69, 9.17) is 0 Å². The molecule has 2 aromatic rings. The van der Waals surface area contributed by atoms with Crippen LogP contribution in [0.15, 0.2) is 41.6 Å². The van der Waals surface area contributed by atoms with E-state index in [0.29, 0.717) is 10.6 Å². The summed E-state index contributed by atoms with van der Waals surface area (Å²) in [5.74, 6) is 0.883. The Kier molecular flexibility index (Phi) is 3.52. The van der Waals surface area contributed by atoms with Crippen molar-refractivity contribution in [3.05, 3.63) is 42.5 Å². The van der Waals surface area contributed by atoms with Gasteiger partial charge in [-0.15, -0.1) is 0 Å². The molecule has 0 atom stereocenters. The molecule has 0 unspecified atom stereocenters. The summed E-state index contributed by atoms with van der Waals surface area (Å²) < 4.78 is 25.4. The van der Waals surface area contributed by atoms with Crippen molar-refractivity contribution in [2.75, 3.05) is 6.26 Å². The van der Waals surface area contributed by atoms with Gasteiger partial charge in [0.2, 0.25) is 0 Å². The lowest BCUT2D eigenvalue weighted by Crippen LogP contribution is -2.07. The predicted molar refractivity (Wildman–Crippen MR) is 70.7 cm³/mol. The van der Waals surface area contributed by atoms with Gasteiger partial charge in [0.1, 0.15) is 5.82 Å². The monoisotopic (exact) mass is 264 g/mol. The Balaban J connectivity index is 2.61. The second-order valence-electron chi connectivity index (χ2n) is 4.20. The number of benzene rings is 1. The zero-order valence-electron chi connectivity index (χ0n) is 10.5. The van der Waals surface area contributed by atoms with Gasteiger partial charge in [0, 0.05) is 25.1 Å². The molecule has 1 aromatic heterocycles. The number of nitrogens with zero attached hydrogens (tertiary/aromatic N) is 2. The van der Waals surface area contributed by atoms with Crippen molar-refractivity contribution in [1.29, 1.82) is 0 Å². The van der Waals surface area contributed by atoms with E-state index in [2.05, 4.69) is 11.9 Å². The Bertz CT molecular complexity index is 645. The second-order valence-corrected chi connectivity index (χ2v) is 6.19. The molecule has 0 saturated carbocycles. The summed E-state index contributed by atoms with van der Waals surface area (Å²) in [4.78, 5) is 4.61. The van der Waals surface area contributed by atoms with Crippen LogP contribution in [-0.4, -0.2) is 24.2 Å². The van der Waals surface area contributed by atoms with E-state index in [1.165, 1.54) is 6.26 Å². The molecule has 5 heteroatoms. The van der Waals surface area contributed by atoms with E-state index in [1.807, 2.05) is 10.6 Å². The molecule has 18 heavy (non-hydrogen) atoms. The minimum atomic E-state index is -3.24. The summed E-state index contributed by atoms with van der Waals surface area (Å²) in [6, 6.07) is 6.99. The minimum absolute atomic E-state index is 0.334. The van der Waals surface area contributed by atoms with Crippen LogP contribution in [0, 0.1) is 0 Å². The Morgan fingerprint density at radius 3 is 2.67 bits per heavy atom. The summed E-state index contributed by atoms with van der Waals surface area (Å²) in [5, 5.41) is 0. The lowest BCUT2D eigenvalue weighted by molar-refractivity contribution is 0.601.